The maximum atomic E-state index is 11.9. The number of carbonyl (C=O) groups is 1. The van der Waals surface area contributed by atoms with Crippen molar-refractivity contribution < 1.29 is 9.53 Å². The zero-order valence-electron chi connectivity index (χ0n) is 13.3. The molecule has 0 aromatic carbocycles. The topological polar surface area (TPSA) is 46.8 Å². The molecule has 0 aliphatic carbocycles. The number of hydrogen-bond donors (Lipinski definition) is 0. The number of imidazole rings is 1. The van der Waals surface area contributed by atoms with Crippen LogP contribution in [-0.4, -0.2) is 40.0 Å². The third-order valence-corrected chi connectivity index (χ3v) is 4.24. The van der Waals surface area contributed by atoms with E-state index >= 15 is 0 Å². The molecular formula is C17H23N3O2. The summed E-state index contributed by atoms with van der Waals surface area (Å²) in [5.41, 5.74) is 3.24. The fourth-order valence-corrected chi connectivity index (χ4v) is 3.16. The molecule has 0 spiro atoms. The first-order chi connectivity index (χ1) is 10.7. The van der Waals surface area contributed by atoms with Gasteiger partial charge in [0, 0.05) is 25.5 Å². The third kappa shape index (κ3) is 3.14. The van der Waals surface area contributed by atoms with Crippen LogP contribution in [0.5, 0.6) is 0 Å². The van der Waals surface area contributed by atoms with Crippen LogP contribution in [-0.2, 0) is 16.1 Å². The largest absolute Gasteiger partial charge is 0.466 e. The Morgan fingerprint density at radius 3 is 3.14 bits per heavy atom. The molecule has 1 atom stereocenters. The molecule has 1 fully saturated rings. The minimum absolute atomic E-state index is 0.00691. The van der Waals surface area contributed by atoms with Gasteiger partial charge in [-0.1, -0.05) is 6.07 Å². The highest BCUT2D eigenvalue weighted by Gasteiger charge is 2.27. The Morgan fingerprint density at radius 2 is 2.36 bits per heavy atom. The molecule has 3 heterocycles. The lowest BCUT2D eigenvalue weighted by atomic mass is 9.98. The van der Waals surface area contributed by atoms with Crippen LogP contribution in [0.15, 0.2) is 24.5 Å². The third-order valence-electron chi connectivity index (χ3n) is 4.24. The van der Waals surface area contributed by atoms with Crippen molar-refractivity contribution in [3.63, 3.8) is 0 Å². The Balaban J connectivity index is 1.69. The lowest BCUT2D eigenvalue weighted by molar-refractivity contribution is -0.150. The smallest absolute Gasteiger partial charge is 0.310 e. The second-order valence-electron chi connectivity index (χ2n) is 5.98. The molecule has 5 heteroatoms. The molecular weight excluding hydrogens is 278 g/mol. The molecule has 5 nitrogen and oxygen atoms in total. The van der Waals surface area contributed by atoms with Crippen molar-refractivity contribution in [2.75, 3.05) is 19.7 Å². The fourth-order valence-electron chi connectivity index (χ4n) is 3.16. The Morgan fingerprint density at radius 1 is 1.50 bits per heavy atom. The molecule has 2 aromatic heterocycles. The Bertz CT molecular complexity index is 665. The number of likely N-dealkylation sites (tertiary alicyclic amines) is 1. The summed E-state index contributed by atoms with van der Waals surface area (Å²) >= 11 is 0. The average Bonchev–Trinajstić information content (AvgIpc) is 2.92. The summed E-state index contributed by atoms with van der Waals surface area (Å²) < 4.78 is 7.23. The van der Waals surface area contributed by atoms with Crippen LogP contribution in [0, 0.1) is 12.8 Å². The molecule has 1 aliphatic heterocycles. The van der Waals surface area contributed by atoms with E-state index in [2.05, 4.69) is 28.5 Å². The summed E-state index contributed by atoms with van der Waals surface area (Å²) in [6, 6.07) is 4.11. The molecule has 1 saturated heterocycles. The normalized spacial score (nSPS) is 19.5. The number of nitrogens with zero attached hydrogens (tertiary/aromatic N) is 3. The van der Waals surface area contributed by atoms with Crippen LogP contribution in [0.2, 0.25) is 0 Å². The van der Waals surface area contributed by atoms with Gasteiger partial charge in [0.15, 0.2) is 0 Å². The molecule has 22 heavy (non-hydrogen) atoms. The number of carbonyl (C=O) groups excluding carboxylic acids is 1. The molecule has 3 rings (SSSR count). The molecule has 0 radical (unpaired) electrons. The van der Waals surface area contributed by atoms with Crippen LogP contribution in [0.25, 0.3) is 5.65 Å². The van der Waals surface area contributed by atoms with Crippen LogP contribution in [0.3, 0.4) is 0 Å². The van der Waals surface area contributed by atoms with Crippen LogP contribution < -0.4 is 0 Å². The summed E-state index contributed by atoms with van der Waals surface area (Å²) in [6.45, 7) is 6.97. The van der Waals surface area contributed by atoms with Gasteiger partial charge in [-0.05, 0) is 44.9 Å². The van der Waals surface area contributed by atoms with Gasteiger partial charge in [-0.3, -0.25) is 9.69 Å². The number of esters is 1. The minimum Gasteiger partial charge on any atom is -0.466 e. The first kappa shape index (κ1) is 15.0. The standard InChI is InChI=1S/C17H23N3O2/c1-3-22-17(21)14-7-5-8-19(10-14)11-15-12-20-9-4-6-13(2)16(20)18-15/h4,6,9,12,14H,3,5,7-8,10-11H2,1-2H3/t14-/m1/s1. The van der Waals surface area contributed by atoms with Crippen molar-refractivity contribution in [1.29, 1.82) is 0 Å². The van der Waals surface area contributed by atoms with E-state index in [0.29, 0.717) is 6.61 Å². The zero-order chi connectivity index (χ0) is 15.5. The number of fused-ring (bicyclic) bond motifs is 1. The number of rotatable bonds is 4. The van der Waals surface area contributed by atoms with Crippen molar-refractivity contribution in [2.24, 2.45) is 5.92 Å². The van der Waals surface area contributed by atoms with Crippen LogP contribution in [0.1, 0.15) is 31.0 Å². The maximum Gasteiger partial charge on any atom is 0.310 e. The van der Waals surface area contributed by atoms with E-state index in [1.54, 1.807) is 0 Å². The van der Waals surface area contributed by atoms with Gasteiger partial charge < -0.3 is 9.14 Å². The Hall–Kier alpha value is -1.88. The second-order valence-corrected chi connectivity index (χ2v) is 5.98. The first-order valence-electron chi connectivity index (χ1n) is 7.99. The summed E-state index contributed by atoms with van der Waals surface area (Å²) in [5.74, 6) is -0.0505. The molecule has 0 saturated carbocycles. The molecule has 2 aromatic rings. The van der Waals surface area contributed by atoms with Crippen LogP contribution >= 0.6 is 0 Å². The quantitative estimate of drug-likeness (QED) is 0.814. The van der Waals surface area contributed by atoms with E-state index in [1.807, 2.05) is 19.2 Å². The van der Waals surface area contributed by atoms with E-state index in [4.69, 9.17) is 9.72 Å². The number of ether oxygens (including phenoxy) is 1. The highest BCUT2D eigenvalue weighted by atomic mass is 16.5. The van der Waals surface area contributed by atoms with E-state index in [9.17, 15) is 4.79 Å². The minimum atomic E-state index is -0.0574. The lowest BCUT2D eigenvalue weighted by Crippen LogP contribution is -2.39. The van der Waals surface area contributed by atoms with E-state index < -0.39 is 0 Å². The fraction of sp³-hybridized carbons (Fsp3) is 0.529. The molecule has 0 bridgehead atoms. The number of hydrogen-bond acceptors (Lipinski definition) is 4. The molecule has 1 aliphatic rings. The predicted molar refractivity (Wildman–Crippen MR) is 84.6 cm³/mol. The summed E-state index contributed by atoms with van der Waals surface area (Å²) in [7, 11) is 0. The van der Waals surface area contributed by atoms with E-state index in [1.165, 1.54) is 5.56 Å². The van der Waals surface area contributed by atoms with Crippen molar-refractivity contribution in [2.45, 2.75) is 33.2 Å². The van der Waals surface area contributed by atoms with Gasteiger partial charge in [-0.15, -0.1) is 0 Å². The lowest BCUT2D eigenvalue weighted by Gasteiger charge is -2.30. The van der Waals surface area contributed by atoms with Gasteiger partial charge in [0.1, 0.15) is 5.65 Å². The SMILES string of the molecule is CCOC(=O)[C@@H]1CCCN(Cc2cn3cccc(C)c3n2)C1. The Labute approximate surface area is 130 Å². The van der Waals surface area contributed by atoms with Crippen molar-refractivity contribution >= 4 is 11.6 Å². The zero-order valence-corrected chi connectivity index (χ0v) is 13.3. The predicted octanol–water partition coefficient (Wildman–Crippen LogP) is 2.42. The van der Waals surface area contributed by atoms with Gasteiger partial charge in [0.25, 0.3) is 0 Å². The molecule has 118 valence electrons. The van der Waals surface area contributed by atoms with Gasteiger partial charge in [0.05, 0.1) is 18.2 Å². The van der Waals surface area contributed by atoms with Crippen molar-refractivity contribution in [3.05, 3.63) is 35.8 Å². The molecule has 0 amide bonds. The molecule has 0 N–H and O–H groups in total. The second kappa shape index (κ2) is 6.48. The van der Waals surface area contributed by atoms with E-state index in [0.717, 1.165) is 43.8 Å². The van der Waals surface area contributed by atoms with Crippen LogP contribution in [0.4, 0.5) is 0 Å². The maximum absolute atomic E-state index is 11.9. The highest BCUT2D eigenvalue weighted by Crippen LogP contribution is 2.20. The van der Waals surface area contributed by atoms with Gasteiger partial charge in [0.2, 0.25) is 0 Å². The summed E-state index contributed by atoms with van der Waals surface area (Å²) in [6.07, 6.45) is 6.07. The number of piperidine rings is 1. The number of aryl methyl sites for hydroxylation is 1. The monoisotopic (exact) mass is 301 g/mol. The number of aromatic nitrogens is 2. The molecule has 0 unspecified atom stereocenters. The average molecular weight is 301 g/mol. The van der Waals surface area contributed by atoms with Gasteiger partial charge in [-0.25, -0.2) is 4.98 Å². The van der Waals surface area contributed by atoms with Crippen molar-refractivity contribution in [3.8, 4) is 0 Å². The van der Waals surface area contributed by atoms with E-state index in [-0.39, 0.29) is 11.9 Å². The van der Waals surface area contributed by atoms with Gasteiger partial charge >= 0.3 is 5.97 Å². The van der Waals surface area contributed by atoms with Crippen molar-refractivity contribution in [1.82, 2.24) is 14.3 Å². The van der Waals surface area contributed by atoms with Gasteiger partial charge in [-0.2, -0.15) is 0 Å². The highest BCUT2D eigenvalue weighted by molar-refractivity contribution is 5.72. The first-order valence-corrected chi connectivity index (χ1v) is 7.99. The Kier molecular flexibility index (Phi) is 4.43. The number of pyridine rings is 1. The summed E-state index contributed by atoms with van der Waals surface area (Å²) in [4.78, 5) is 18.9. The summed E-state index contributed by atoms with van der Waals surface area (Å²) in [5, 5.41) is 0.